The summed E-state index contributed by atoms with van der Waals surface area (Å²) in [5, 5.41) is 2.69. The van der Waals surface area contributed by atoms with Gasteiger partial charge in [-0.1, -0.05) is 55.5 Å². The molecule has 34 heavy (non-hydrogen) atoms. The van der Waals surface area contributed by atoms with Crippen molar-refractivity contribution in [2.75, 3.05) is 26.7 Å². The summed E-state index contributed by atoms with van der Waals surface area (Å²) in [7, 11) is -0.291. The van der Waals surface area contributed by atoms with Gasteiger partial charge in [0, 0.05) is 26.1 Å². The minimum atomic E-state index is -1.94. The van der Waals surface area contributed by atoms with Crippen molar-refractivity contribution in [3.05, 3.63) is 59.7 Å². The van der Waals surface area contributed by atoms with Crippen LogP contribution >= 0.6 is 0 Å². The van der Waals surface area contributed by atoms with Crippen LogP contribution in [0.25, 0.3) is 11.1 Å². The lowest BCUT2D eigenvalue weighted by Gasteiger charge is -2.23. The number of carbonyl (C=O) groups is 3. The molecule has 0 radical (unpaired) electrons. The fraction of sp³-hybridized carbons (Fsp3) is 0.423. The number of fused-ring (bicyclic) bond motifs is 3. The van der Waals surface area contributed by atoms with E-state index in [1.807, 2.05) is 43.9 Å². The number of alkyl carbamates (subject to hydrolysis) is 1. The van der Waals surface area contributed by atoms with Crippen LogP contribution < -0.4 is 5.32 Å². The molecule has 1 N–H and O–H groups in total. The SMILES string of the molecule is C[C@@H](CNC(=O)OCC1c2ccccc2-c2ccccc21)C(=O)N(C)CCC(=O)O[Si](C)(C)C. The van der Waals surface area contributed by atoms with Crippen LogP contribution in [0.2, 0.25) is 19.6 Å². The molecule has 2 aromatic carbocycles. The van der Waals surface area contributed by atoms with Gasteiger partial charge >= 0.3 is 6.09 Å². The second kappa shape index (κ2) is 10.9. The number of nitrogens with zero attached hydrogens (tertiary/aromatic N) is 1. The summed E-state index contributed by atoms with van der Waals surface area (Å²) in [5.41, 5.74) is 4.63. The molecule has 182 valence electrons. The van der Waals surface area contributed by atoms with Crippen LogP contribution in [-0.4, -0.2) is 57.9 Å². The van der Waals surface area contributed by atoms with E-state index in [1.54, 1.807) is 14.0 Å². The maximum Gasteiger partial charge on any atom is 0.407 e. The van der Waals surface area contributed by atoms with E-state index in [4.69, 9.17) is 9.16 Å². The van der Waals surface area contributed by atoms with E-state index in [0.717, 1.165) is 11.1 Å². The maximum atomic E-state index is 12.6. The van der Waals surface area contributed by atoms with E-state index in [0.29, 0.717) is 0 Å². The molecular formula is C26H34N2O5Si. The quantitative estimate of drug-likeness (QED) is 0.536. The number of hydrogen-bond donors (Lipinski definition) is 1. The minimum Gasteiger partial charge on any atom is -0.520 e. The van der Waals surface area contributed by atoms with Crippen LogP contribution in [0.3, 0.4) is 0 Å². The number of hydrogen-bond acceptors (Lipinski definition) is 5. The van der Waals surface area contributed by atoms with Crippen molar-refractivity contribution in [2.45, 2.75) is 38.9 Å². The molecule has 1 aliphatic carbocycles. The number of nitrogens with one attached hydrogen (secondary N) is 1. The number of rotatable bonds is 9. The summed E-state index contributed by atoms with van der Waals surface area (Å²) in [5.74, 6) is -0.902. The van der Waals surface area contributed by atoms with Crippen molar-refractivity contribution in [1.29, 1.82) is 0 Å². The predicted molar refractivity (Wildman–Crippen MR) is 134 cm³/mol. The largest absolute Gasteiger partial charge is 0.520 e. The molecule has 0 saturated carbocycles. The number of carbonyl (C=O) groups excluding carboxylic acids is 3. The highest BCUT2D eigenvalue weighted by Gasteiger charge is 2.29. The Bertz CT molecular complexity index is 1000. The third-order valence-electron chi connectivity index (χ3n) is 5.77. The Hall–Kier alpha value is -3.13. The second-order valence-electron chi connectivity index (χ2n) is 9.70. The standard InChI is InChI=1S/C26H34N2O5Si/c1-18(25(30)28(2)15-14-24(29)33-34(3,4)5)16-27-26(31)32-17-23-21-12-8-6-10-19(21)20-11-7-9-13-22(20)23/h6-13,18,23H,14-17H2,1-5H3,(H,27,31)/t18-/m0/s1. The third kappa shape index (κ3) is 6.47. The number of amides is 2. The van der Waals surface area contributed by atoms with Gasteiger partial charge in [-0.2, -0.15) is 0 Å². The molecule has 3 rings (SSSR count). The minimum absolute atomic E-state index is 0.0146. The van der Waals surface area contributed by atoms with Crippen LogP contribution in [0.1, 0.15) is 30.4 Å². The van der Waals surface area contributed by atoms with Crippen molar-refractivity contribution < 1.29 is 23.5 Å². The summed E-state index contributed by atoms with van der Waals surface area (Å²) >= 11 is 0. The van der Waals surface area contributed by atoms with Crippen molar-refractivity contribution in [2.24, 2.45) is 5.92 Å². The van der Waals surface area contributed by atoms with Crippen LogP contribution in [0.5, 0.6) is 0 Å². The predicted octanol–water partition coefficient (Wildman–Crippen LogP) is 4.39. The molecule has 0 heterocycles. The molecule has 2 aromatic rings. The van der Waals surface area contributed by atoms with Gasteiger partial charge in [-0.05, 0) is 41.9 Å². The van der Waals surface area contributed by atoms with Gasteiger partial charge in [0.2, 0.25) is 14.2 Å². The van der Waals surface area contributed by atoms with Crippen molar-refractivity contribution in [3.8, 4) is 11.1 Å². The topological polar surface area (TPSA) is 84.9 Å². The van der Waals surface area contributed by atoms with E-state index in [9.17, 15) is 14.4 Å². The Morgan fingerprint density at radius 2 is 1.56 bits per heavy atom. The molecule has 0 bridgehead atoms. The highest BCUT2D eigenvalue weighted by molar-refractivity contribution is 6.71. The summed E-state index contributed by atoms with van der Waals surface area (Å²) < 4.78 is 10.9. The van der Waals surface area contributed by atoms with Crippen LogP contribution in [0, 0.1) is 5.92 Å². The van der Waals surface area contributed by atoms with Gasteiger partial charge in [-0.25, -0.2) is 4.79 Å². The van der Waals surface area contributed by atoms with Gasteiger partial charge in [0.15, 0.2) is 0 Å². The Morgan fingerprint density at radius 1 is 1.00 bits per heavy atom. The fourth-order valence-electron chi connectivity index (χ4n) is 4.11. The average Bonchev–Trinajstić information content (AvgIpc) is 3.11. The zero-order chi connectivity index (χ0) is 24.9. The highest BCUT2D eigenvalue weighted by Crippen LogP contribution is 2.44. The van der Waals surface area contributed by atoms with Gasteiger partial charge in [0.1, 0.15) is 6.61 Å². The summed E-state index contributed by atoms with van der Waals surface area (Å²) in [6.45, 7) is 8.21. The first-order valence-electron chi connectivity index (χ1n) is 11.6. The number of ether oxygens (including phenoxy) is 1. The van der Waals surface area contributed by atoms with Gasteiger partial charge in [-0.15, -0.1) is 0 Å². The zero-order valence-corrected chi connectivity index (χ0v) is 21.6. The third-order valence-corrected chi connectivity index (χ3v) is 6.61. The normalized spacial score (nSPS) is 13.4. The first-order chi connectivity index (χ1) is 16.1. The Labute approximate surface area is 202 Å². The molecule has 1 aliphatic rings. The van der Waals surface area contributed by atoms with E-state index in [1.165, 1.54) is 16.0 Å². The van der Waals surface area contributed by atoms with Gasteiger partial charge < -0.3 is 19.4 Å². The molecule has 0 saturated heterocycles. The van der Waals surface area contributed by atoms with E-state index in [2.05, 4.69) is 29.6 Å². The Kier molecular flexibility index (Phi) is 8.14. The van der Waals surface area contributed by atoms with Crippen molar-refractivity contribution >= 4 is 26.3 Å². The fourth-order valence-corrected chi connectivity index (χ4v) is 4.90. The smallest absolute Gasteiger partial charge is 0.407 e. The molecular weight excluding hydrogens is 448 g/mol. The molecule has 0 unspecified atom stereocenters. The van der Waals surface area contributed by atoms with Crippen molar-refractivity contribution in [3.63, 3.8) is 0 Å². The monoisotopic (exact) mass is 482 g/mol. The summed E-state index contributed by atoms with van der Waals surface area (Å²) in [4.78, 5) is 38.3. The molecule has 7 nitrogen and oxygen atoms in total. The lowest BCUT2D eigenvalue weighted by molar-refractivity contribution is -0.137. The Balaban J connectivity index is 1.45. The first-order valence-corrected chi connectivity index (χ1v) is 15.0. The van der Waals surface area contributed by atoms with Crippen LogP contribution in [0.4, 0.5) is 4.79 Å². The molecule has 2 amide bonds. The molecule has 0 fully saturated rings. The number of benzene rings is 2. The van der Waals surface area contributed by atoms with Crippen LogP contribution in [-0.2, 0) is 18.8 Å². The van der Waals surface area contributed by atoms with E-state index < -0.39 is 20.3 Å². The molecule has 0 aromatic heterocycles. The molecule has 1 atom stereocenters. The van der Waals surface area contributed by atoms with Crippen molar-refractivity contribution in [1.82, 2.24) is 10.2 Å². The maximum absolute atomic E-state index is 12.6. The Morgan fingerprint density at radius 3 is 2.12 bits per heavy atom. The highest BCUT2D eigenvalue weighted by atomic mass is 28.4. The van der Waals surface area contributed by atoms with Gasteiger partial charge in [0.05, 0.1) is 12.3 Å². The average molecular weight is 483 g/mol. The van der Waals surface area contributed by atoms with E-state index >= 15 is 0 Å². The first kappa shape index (κ1) is 25.5. The molecule has 0 spiro atoms. The molecule has 8 heteroatoms. The summed E-state index contributed by atoms with van der Waals surface area (Å²) in [6.07, 6.45) is -0.401. The van der Waals surface area contributed by atoms with E-state index in [-0.39, 0.29) is 43.9 Å². The lowest BCUT2D eigenvalue weighted by atomic mass is 9.98. The lowest BCUT2D eigenvalue weighted by Crippen LogP contribution is -2.40. The second-order valence-corrected chi connectivity index (χ2v) is 14.1. The van der Waals surface area contributed by atoms with Gasteiger partial charge in [0.25, 0.3) is 5.97 Å². The van der Waals surface area contributed by atoms with Crippen LogP contribution in [0.15, 0.2) is 48.5 Å². The molecule has 0 aliphatic heterocycles. The zero-order valence-electron chi connectivity index (χ0n) is 20.6. The summed E-state index contributed by atoms with van der Waals surface area (Å²) in [6, 6.07) is 16.3. The van der Waals surface area contributed by atoms with Gasteiger partial charge in [-0.3, -0.25) is 9.59 Å².